The molecule has 13 heteroatoms. The Morgan fingerprint density at radius 3 is 2.04 bits per heavy atom. The van der Waals surface area contributed by atoms with Crippen LogP contribution in [0, 0.1) is 24.6 Å². The number of piperazine rings is 1. The molecule has 1 saturated heterocycles. The smallest absolute Gasteiger partial charge is 0.416 e. The van der Waals surface area contributed by atoms with E-state index in [0.29, 0.717) is 42.3 Å². The predicted octanol–water partition coefficient (Wildman–Crippen LogP) is 7.92. The first-order chi connectivity index (χ1) is 20.9. The molecule has 1 saturated carbocycles. The largest absolute Gasteiger partial charge is 0.481 e. The number of carbonyl (C=O) groups is 2. The lowest BCUT2D eigenvalue weighted by Crippen LogP contribution is -2.54. The minimum Gasteiger partial charge on any atom is -0.481 e. The van der Waals surface area contributed by atoms with Crippen molar-refractivity contribution in [3.8, 4) is 0 Å². The Hall–Kier alpha value is -3.35. The molecular weight excluding hydrogens is 607 g/mol. The summed E-state index contributed by atoms with van der Waals surface area (Å²) in [6.45, 7) is 4.95. The molecule has 2 fully saturated rings. The van der Waals surface area contributed by atoms with Gasteiger partial charge in [-0.15, -0.1) is 0 Å². The van der Waals surface area contributed by atoms with Gasteiger partial charge in [-0.05, 0) is 98.4 Å². The lowest BCUT2D eigenvalue weighted by Gasteiger charge is -2.45. The average Bonchev–Trinajstić information content (AvgIpc) is 2.95. The summed E-state index contributed by atoms with van der Waals surface area (Å²) in [7, 11) is 1.34. The second-order valence-electron chi connectivity index (χ2n) is 12.4. The molecule has 0 radical (unpaired) electrons. The zero-order valence-corrected chi connectivity index (χ0v) is 25.4. The van der Waals surface area contributed by atoms with Crippen LogP contribution in [0.15, 0.2) is 36.4 Å². The van der Waals surface area contributed by atoms with Gasteiger partial charge in [0.2, 0.25) is 0 Å². The zero-order valence-electron chi connectivity index (χ0n) is 25.4. The third-order valence-corrected chi connectivity index (χ3v) is 9.22. The van der Waals surface area contributed by atoms with Crippen LogP contribution in [-0.2, 0) is 17.1 Å². The van der Waals surface area contributed by atoms with E-state index in [-0.39, 0.29) is 30.5 Å². The highest BCUT2D eigenvalue weighted by Crippen LogP contribution is 2.39. The van der Waals surface area contributed by atoms with Crippen LogP contribution < -0.4 is 0 Å². The molecule has 1 N–H and O–H groups in total. The van der Waals surface area contributed by atoms with Crippen molar-refractivity contribution in [3.63, 3.8) is 0 Å². The van der Waals surface area contributed by atoms with Crippen LogP contribution in [0.3, 0.4) is 0 Å². The first-order valence-corrected chi connectivity index (χ1v) is 15.0. The molecule has 1 aliphatic heterocycles. The molecule has 1 heterocycles. The molecule has 4 rings (SSSR count). The van der Waals surface area contributed by atoms with Gasteiger partial charge in [-0.3, -0.25) is 9.69 Å². The van der Waals surface area contributed by atoms with Crippen LogP contribution in [0.5, 0.6) is 0 Å². The number of benzene rings is 2. The van der Waals surface area contributed by atoms with Crippen molar-refractivity contribution in [1.82, 2.24) is 14.7 Å². The number of amides is 2. The standard InChI is InChI=1S/C32H38F7N3O3/c1-19-12-26(33)8-9-27(19)28-18-41(17-22-6-4-21(5-7-22)13-29(43)44)10-11-42(28)30(45)40(3)20(2)23-14-24(31(34,35)36)16-25(15-23)32(37,38)39/h8-9,12,14-16,20-22,28H,4-7,10-11,13,17-18H2,1-3H3,(H,43,44)/t20?,21-,22+,28-/m1/s1. The molecule has 1 unspecified atom stereocenters. The van der Waals surface area contributed by atoms with Crippen LogP contribution in [0.4, 0.5) is 35.5 Å². The van der Waals surface area contributed by atoms with E-state index in [9.17, 15) is 40.3 Å². The van der Waals surface area contributed by atoms with E-state index in [4.69, 9.17) is 5.11 Å². The van der Waals surface area contributed by atoms with E-state index < -0.39 is 53.4 Å². The number of alkyl halides is 6. The molecule has 248 valence electrons. The monoisotopic (exact) mass is 645 g/mol. The number of urea groups is 1. The number of nitrogens with zero attached hydrogens (tertiary/aromatic N) is 3. The molecule has 0 spiro atoms. The highest BCUT2D eigenvalue weighted by atomic mass is 19.4. The molecule has 2 atom stereocenters. The lowest BCUT2D eigenvalue weighted by molar-refractivity contribution is -0.143. The summed E-state index contributed by atoms with van der Waals surface area (Å²) in [6, 6.07) is 3.33. The summed E-state index contributed by atoms with van der Waals surface area (Å²) in [5.41, 5.74) is -1.91. The van der Waals surface area contributed by atoms with Crippen molar-refractivity contribution < 1.29 is 45.4 Å². The van der Waals surface area contributed by atoms with Crippen molar-refractivity contribution in [1.29, 1.82) is 0 Å². The van der Waals surface area contributed by atoms with Gasteiger partial charge >= 0.3 is 24.4 Å². The minimum atomic E-state index is -5.02. The second-order valence-corrected chi connectivity index (χ2v) is 12.4. The highest BCUT2D eigenvalue weighted by molar-refractivity contribution is 5.75. The molecule has 1 aliphatic carbocycles. The number of rotatable bonds is 7. The first-order valence-electron chi connectivity index (χ1n) is 15.0. The molecule has 2 aliphatic rings. The van der Waals surface area contributed by atoms with E-state index in [1.807, 2.05) is 0 Å². The van der Waals surface area contributed by atoms with Crippen molar-refractivity contribution >= 4 is 12.0 Å². The van der Waals surface area contributed by atoms with Crippen LogP contribution in [0.2, 0.25) is 0 Å². The zero-order chi connectivity index (χ0) is 33.3. The highest BCUT2D eigenvalue weighted by Gasteiger charge is 2.39. The molecule has 0 aromatic heterocycles. The van der Waals surface area contributed by atoms with Crippen molar-refractivity contribution in [3.05, 3.63) is 70.0 Å². The van der Waals surface area contributed by atoms with Gasteiger partial charge in [0, 0.05) is 39.6 Å². The second kappa shape index (κ2) is 13.6. The summed E-state index contributed by atoms with van der Waals surface area (Å²) in [4.78, 5) is 29.9. The molecule has 2 aromatic carbocycles. The van der Waals surface area contributed by atoms with E-state index in [1.165, 1.54) is 26.1 Å². The SMILES string of the molecule is Cc1cc(F)ccc1[C@H]1CN(C[C@H]2CC[C@@H](CC(=O)O)CC2)CCN1C(=O)N(C)C(C)c1cc(C(F)(F)F)cc(C(F)(F)F)c1. The van der Waals surface area contributed by atoms with Gasteiger partial charge in [-0.2, -0.15) is 26.3 Å². The summed E-state index contributed by atoms with van der Waals surface area (Å²) in [6.07, 6.45) is -6.47. The van der Waals surface area contributed by atoms with Crippen LogP contribution in [0.25, 0.3) is 0 Å². The summed E-state index contributed by atoms with van der Waals surface area (Å²) in [5, 5.41) is 9.11. The summed E-state index contributed by atoms with van der Waals surface area (Å²) < 4.78 is 95.1. The number of hydrogen-bond donors (Lipinski definition) is 1. The maximum absolute atomic E-state index is 14.0. The van der Waals surface area contributed by atoms with Crippen molar-refractivity contribution in [2.24, 2.45) is 11.8 Å². The van der Waals surface area contributed by atoms with Gasteiger partial charge in [0.15, 0.2) is 0 Å². The Kier molecular flexibility index (Phi) is 10.4. The van der Waals surface area contributed by atoms with Crippen molar-refractivity contribution in [2.75, 3.05) is 33.2 Å². The van der Waals surface area contributed by atoms with Crippen LogP contribution >= 0.6 is 0 Å². The maximum atomic E-state index is 14.0. The van der Waals surface area contributed by atoms with Gasteiger partial charge in [0.1, 0.15) is 5.82 Å². The van der Waals surface area contributed by atoms with E-state index in [0.717, 1.165) is 37.1 Å². The number of aliphatic carboxylic acids is 1. The van der Waals surface area contributed by atoms with Crippen LogP contribution in [0.1, 0.15) is 78.9 Å². The minimum absolute atomic E-state index is 0.0588. The van der Waals surface area contributed by atoms with Gasteiger partial charge < -0.3 is 14.9 Å². The van der Waals surface area contributed by atoms with Gasteiger partial charge in [-0.25, -0.2) is 9.18 Å². The van der Waals surface area contributed by atoms with Gasteiger partial charge in [-0.1, -0.05) is 6.07 Å². The maximum Gasteiger partial charge on any atom is 0.416 e. The summed E-state index contributed by atoms with van der Waals surface area (Å²) >= 11 is 0. The molecule has 6 nitrogen and oxygen atoms in total. The van der Waals surface area contributed by atoms with Gasteiger partial charge in [0.05, 0.1) is 23.2 Å². The fourth-order valence-electron chi connectivity index (χ4n) is 6.56. The van der Waals surface area contributed by atoms with E-state index >= 15 is 0 Å². The number of carboxylic acids is 1. The third kappa shape index (κ3) is 8.47. The average molecular weight is 646 g/mol. The lowest BCUT2D eigenvalue weighted by atomic mass is 9.80. The third-order valence-electron chi connectivity index (χ3n) is 9.22. The normalized spacial score (nSPS) is 22.3. The predicted molar refractivity (Wildman–Crippen MR) is 153 cm³/mol. The Bertz CT molecular complexity index is 1340. The fraction of sp³-hybridized carbons (Fsp3) is 0.562. The number of halogens is 7. The molecule has 2 amide bonds. The first kappa shape index (κ1) is 34.5. The number of aryl methyl sites for hydroxylation is 1. The molecule has 2 aromatic rings. The number of carbonyl (C=O) groups excluding carboxylic acids is 1. The Balaban J connectivity index is 1.56. The molecule has 0 bridgehead atoms. The van der Waals surface area contributed by atoms with Crippen LogP contribution in [-0.4, -0.2) is 65.0 Å². The van der Waals surface area contributed by atoms with Crippen molar-refractivity contribution in [2.45, 2.75) is 70.4 Å². The van der Waals surface area contributed by atoms with Gasteiger partial charge in [0.25, 0.3) is 0 Å². The number of hydrogen-bond acceptors (Lipinski definition) is 3. The summed E-state index contributed by atoms with van der Waals surface area (Å²) in [5.74, 6) is -0.747. The van der Waals surface area contributed by atoms with E-state index in [1.54, 1.807) is 17.9 Å². The fourth-order valence-corrected chi connectivity index (χ4v) is 6.56. The topological polar surface area (TPSA) is 64.1 Å². The Morgan fingerprint density at radius 1 is 0.933 bits per heavy atom. The molecular formula is C32H38F7N3O3. The quantitative estimate of drug-likeness (QED) is 0.311. The van der Waals surface area contributed by atoms with E-state index in [2.05, 4.69) is 4.90 Å². The Morgan fingerprint density at radius 2 is 1.51 bits per heavy atom. The Labute approximate surface area is 257 Å². The number of carboxylic acid groups (broad SMARTS) is 1. The molecule has 45 heavy (non-hydrogen) atoms.